The van der Waals surface area contributed by atoms with Crippen LogP contribution in [0.1, 0.15) is 46.9 Å². The van der Waals surface area contributed by atoms with E-state index in [9.17, 15) is 53.4 Å². The van der Waals surface area contributed by atoms with Crippen molar-refractivity contribution in [3.05, 3.63) is 77.1 Å². The molecule has 0 aliphatic carbocycles. The fourth-order valence-electron chi connectivity index (χ4n) is 4.75. The van der Waals surface area contributed by atoms with Crippen molar-refractivity contribution in [3.8, 4) is 5.75 Å². The molecule has 0 fully saturated rings. The van der Waals surface area contributed by atoms with Crippen molar-refractivity contribution in [2.24, 2.45) is 0 Å². The van der Waals surface area contributed by atoms with Crippen LogP contribution in [0.3, 0.4) is 0 Å². The van der Waals surface area contributed by atoms with Gasteiger partial charge in [-0.2, -0.15) is 30.6 Å². The van der Waals surface area contributed by atoms with Crippen LogP contribution >= 0.6 is 0 Å². The van der Waals surface area contributed by atoms with Crippen LogP contribution in [0.5, 0.6) is 5.75 Å². The number of anilines is 2. The summed E-state index contributed by atoms with van der Waals surface area (Å²) in [5.41, 5.74) is -3.91. The number of fused-ring (bicyclic) bond motifs is 1. The number of rotatable bonds is 8. The minimum Gasteiger partial charge on any atom is -0.488 e. The number of benzene rings is 2. The molecule has 0 saturated carbocycles. The number of halogens is 8. The zero-order valence-electron chi connectivity index (χ0n) is 23.5. The van der Waals surface area contributed by atoms with Crippen LogP contribution in [-0.4, -0.2) is 54.3 Å². The molecule has 1 aromatic heterocycles. The summed E-state index contributed by atoms with van der Waals surface area (Å²) in [7, 11) is -3.67. The summed E-state index contributed by atoms with van der Waals surface area (Å²) in [6, 6.07) is 5.51. The number of pyridine rings is 1. The van der Waals surface area contributed by atoms with E-state index >= 15 is 0 Å². The molecule has 4 rings (SSSR count). The van der Waals surface area contributed by atoms with Gasteiger partial charge in [0.1, 0.15) is 17.3 Å². The number of sulfonamides is 1. The number of hydrogen-bond acceptors (Lipinski definition) is 6. The second-order valence-electron chi connectivity index (χ2n) is 10.4. The first kappa shape index (κ1) is 33.9. The number of alkyl halides is 8. The van der Waals surface area contributed by atoms with E-state index in [1.54, 1.807) is 0 Å². The van der Waals surface area contributed by atoms with Crippen LogP contribution in [0.2, 0.25) is 0 Å². The number of carbonyl (C=O) groups is 1. The van der Waals surface area contributed by atoms with Crippen LogP contribution < -0.4 is 9.64 Å². The Bertz CT molecular complexity index is 1670. The van der Waals surface area contributed by atoms with Gasteiger partial charge in [0.25, 0.3) is 0 Å². The molecule has 1 N–H and O–H groups in total. The van der Waals surface area contributed by atoms with E-state index in [2.05, 4.69) is 4.98 Å². The molecule has 244 valence electrons. The molecule has 8 nitrogen and oxygen atoms in total. The number of aromatic carboxylic acids is 1. The molecular formula is C28H25F8N3O5S. The van der Waals surface area contributed by atoms with Gasteiger partial charge in [-0.1, -0.05) is 6.07 Å². The SMILES string of the molecule is CN1[C@H](CCC(C)(F)F)CN(c2ccc(C(F)(F)F)cc2)c2cc(C(F)(F)F)c(OCc3cccnc3C(=O)O)cc2S1(=O)=O. The highest BCUT2D eigenvalue weighted by Crippen LogP contribution is 2.46. The zero-order valence-corrected chi connectivity index (χ0v) is 24.3. The van der Waals surface area contributed by atoms with Gasteiger partial charge in [0, 0.05) is 49.6 Å². The van der Waals surface area contributed by atoms with Crippen LogP contribution in [0.25, 0.3) is 0 Å². The number of hydrogen-bond donors (Lipinski definition) is 1. The van der Waals surface area contributed by atoms with E-state index < -0.39 is 99.5 Å². The zero-order chi connectivity index (χ0) is 33.5. The first-order valence-corrected chi connectivity index (χ1v) is 14.5. The quantitative estimate of drug-likeness (QED) is 0.259. The molecular weight excluding hydrogens is 642 g/mol. The maximum atomic E-state index is 14.4. The first-order valence-electron chi connectivity index (χ1n) is 13.1. The van der Waals surface area contributed by atoms with E-state index in [1.807, 2.05) is 0 Å². The Morgan fingerprint density at radius 3 is 2.22 bits per heavy atom. The molecule has 45 heavy (non-hydrogen) atoms. The van der Waals surface area contributed by atoms with Gasteiger partial charge in [0.2, 0.25) is 15.9 Å². The van der Waals surface area contributed by atoms with Gasteiger partial charge in [-0.15, -0.1) is 0 Å². The van der Waals surface area contributed by atoms with E-state index in [-0.39, 0.29) is 11.3 Å². The molecule has 0 amide bonds. The molecule has 0 spiro atoms. The van der Waals surface area contributed by atoms with Crippen molar-refractivity contribution in [1.29, 1.82) is 0 Å². The third-order valence-corrected chi connectivity index (χ3v) is 9.06. The van der Waals surface area contributed by atoms with Gasteiger partial charge in [0.15, 0.2) is 5.69 Å². The Labute approximate surface area is 251 Å². The fourth-order valence-corrected chi connectivity index (χ4v) is 6.32. The highest BCUT2D eigenvalue weighted by atomic mass is 32.2. The normalized spacial score (nSPS) is 17.5. The molecule has 0 unspecified atom stereocenters. The summed E-state index contributed by atoms with van der Waals surface area (Å²) in [6.07, 6.45) is -10.0. The van der Waals surface area contributed by atoms with Crippen LogP contribution in [0, 0.1) is 0 Å². The number of carboxylic acid groups (broad SMARTS) is 1. The van der Waals surface area contributed by atoms with Crippen molar-refractivity contribution in [1.82, 2.24) is 9.29 Å². The van der Waals surface area contributed by atoms with Crippen molar-refractivity contribution in [2.45, 2.75) is 55.6 Å². The van der Waals surface area contributed by atoms with Gasteiger partial charge >= 0.3 is 18.3 Å². The highest BCUT2D eigenvalue weighted by Gasteiger charge is 2.43. The maximum Gasteiger partial charge on any atom is 0.420 e. The Kier molecular flexibility index (Phi) is 9.09. The molecule has 1 aliphatic heterocycles. The molecule has 2 heterocycles. The first-order chi connectivity index (χ1) is 20.7. The third-order valence-electron chi connectivity index (χ3n) is 7.12. The monoisotopic (exact) mass is 667 g/mol. The number of likely N-dealkylation sites (N-methyl/N-ethyl adjacent to an activating group) is 1. The molecule has 1 aliphatic rings. The molecule has 3 aromatic rings. The van der Waals surface area contributed by atoms with Crippen molar-refractivity contribution in [3.63, 3.8) is 0 Å². The van der Waals surface area contributed by atoms with E-state index in [0.717, 1.165) is 34.6 Å². The lowest BCUT2D eigenvalue weighted by molar-refractivity contribution is -0.139. The van der Waals surface area contributed by atoms with Crippen molar-refractivity contribution < 1.29 is 58.2 Å². The lowest BCUT2D eigenvalue weighted by atomic mass is 10.1. The summed E-state index contributed by atoms with van der Waals surface area (Å²) >= 11 is 0. The standard InChI is InChI=1S/C28H25F8N3O5S/c1-26(29,30)10-9-19-14-39(18-7-5-17(6-8-18)27(31,32)33)21-12-20(28(34,35)36)22(13-23(21)45(42,43)38(19)2)44-15-16-4-3-11-37-24(16)25(40)41/h3-8,11-13,19H,9-10,14-15H2,1-2H3,(H,40,41)/t19-/m1/s1. The van der Waals surface area contributed by atoms with Crippen LogP contribution in [0.15, 0.2) is 59.6 Å². The predicted octanol–water partition coefficient (Wildman–Crippen LogP) is 6.97. The Morgan fingerprint density at radius 1 is 1.02 bits per heavy atom. The second kappa shape index (κ2) is 12.1. The van der Waals surface area contributed by atoms with Gasteiger partial charge in [0.05, 0.1) is 16.8 Å². The fraction of sp³-hybridized carbons (Fsp3) is 0.357. The van der Waals surface area contributed by atoms with Crippen LogP contribution in [0.4, 0.5) is 46.5 Å². The van der Waals surface area contributed by atoms with Gasteiger partial charge in [-0.25, -0.2) is 27.0 Å². The average molecular weight is 668 g/mol. The summed E-state index contributed by atoms with van der Waals surface area (Å²) in [4.78, 5) is 15.4. The predicted molar refractivity (Wildman–Crippen MR) is 144 cm³/mol. The molecule has 0 bridgehead atoms. The Morgan fingerprint density at radius 2 is 1.67 bits per heavy atom. The van der Waals surface area contributed by atoms with E-state index in [1.165, 1.54) is 12.1 Å². The summed E-state index contributed by atoms with van der Waals surface area (Å²) in [5.74, 6) is -5.72. The smallest absolute Gasteiger partial charge is 0.420 e. The van der Waals surface area contributed by atoms with E-state index in [0.29, 0.717) is 31.2 Å². The van der Waals surface area contributed by atoms with Crippen molar-refractivity contribution in [2.75, 3.05) is 18.5 Å². The maximum absolute atomic E-state index is 14.4. The summed E-state index contributed by atoms with van der Waals surface area (Å²) in [6.45, 7) is -0.638. The second-order valence-corrected chi connectivity index (χ2v) is 12.3. The summed E-state index contributed by atoms with van der Waals surface area (Å²) < 4.78 is 144. The highest BCUT2D eigenvalue weighted by molar-refractivity contribution is 7.89. The van der Waals surface area contributed by atoms with E-state index in [4.69, 9.17) is 4.74 Å². The number of nitrogens with zero attached hydrogens (tertiary/aromatic N) is 3. The minimum atomic E-state index is -5.16. The lowest BCUT2D eigenvalue weighted by Crippen LogP contribution is -2.41. The Balaban J connectivity index is 1.91. The topological polar surface area (TPSA) is 100 Å². The number of aromatic nitrogens is 1. The average Bonchev–Trinajstić information content (AvgIpc) is 3.01. The third kappa shape index (κ3) is 7.46. The molecule has 17 heteroatoms. The van der Waals surface area contributed by atoms with Gasteiger partial charge in [-0.3, -0.25) is 0 Å². The molecule has 2 aromatic carbocycles. The van der Waals surface area contributed by atoms with Gasteiger partial charge in [-0.05, 0) is 49.7 Å². The Hall–Kier alpha value is -3.99. The summed E-state index contributed by atoms with van der Waals surface area (Å²) in [5, 5.41) is 9.35. The van der Waals surface area contributed by atoms with Crippen LogP contribution in [-0.2, 0) is 29.0 Å². The lowest BCUT2D eigenvalue weighted by Gasteiger charge is -2.30. The van der Waals surface area contributed by atoms with Gasteiger partial charge < -0.3 is 14.7 Å². The number of ether oxygens (including phenoxy) is 1. The number of carboxylic acids is 1. The largest absolute Gasteiger partial charge is 0.488 e. The molecule has 0 radical (unpaired) electrons. The minimum absolute atomic E-state index is 0.125. The van der Waals surface area contributed by atoms with Crippen molar-refractivity contribution >= 4 is 27.4 Å². The molecule has 0 saturated heterocycles. The molecule has 1 atom stereocenters.